The summed E-state index contributed by atoms with van der Waals surface area (Å²) in [4.78, 5) is 0. The topological polar surface area (TPSA) is 12.0 Å². The van der Waals surface area contributed by atoms with E-state index in [0.29, 0.717) is 0 Å². The fourth-order valence-corrected chi connectivity index (χ4v) is 2.98. The minimum atomic E-state index is -0.189. The maximum atomic E-state index is 13.2. The third-order valence-electron chi connectivity index (χ3n) is 3.83. The zero-order chi connectivity index (χ0) is 15.4. The monoisotopic (exact) mass is 285 g/mol. The first kappa shape index (κ1) is 15.7. The van der Waals surface area contributed by atoms with Gasteiger partial charge in [-0.1, -0.05) is 36.8 Å². The molecule has 0 aliphatic rings. The van der Waals surface area contributed by atoms with E-state index in [4.69, 9.17) is 0 Å². The molecule has 0 aliphatic carbocycles. The van der Waals surface area contributed by atoms with Crippen molar-refractivity contribution < 1.29 is 4.39 Å². The molecule has 0 saturated carbocycles. The van der Waals surface area contributed by atoms with Crippen LogP contribution in [0, 0.1) is 26.6 Å². The Labute approximate surface area is 127 Å². The Kier molecular flexibility index (Phi) is 5.13. The molecule has 0 saturated heterocycles. The second-order valence-corrected chi connectivity index (χ2v) is 5.75. The van der Waals surface area contributed by atoms with Crippen LogP contribution >= 0.6 is 0 Å². The van der Waals surface area contributed by atoms with Gasteiger partial charge in [0.2, 0.25) is 0 Å². The van der Waals surface area contributed by atoms with E-state index in [2.05, 4.69) is 45.1 Å². The summed E-state index contributed by atoms with van der Waals surface area (Å²) in [6, 6.07) is 11.4. The first-order chi connectivity index (χ1) is 10.0. The maximum Gasteiger partial charge on any atom is 0.123 e. The Hall–Kier alpha value is -1.67. The van der Waals surface area contributed by atoms with Crippen molar-refractivity contribution in [1.29, 1.82) is 0 Å². The van der Waals surface area contributed by atoms with Crippen LogP contribution in [0.4, 0.5) is 4.39 Å². The van der Waals surface area contributed by atoms with E-state index in [9.17, 15) is 4.39 Å². The summed E-state index contributed by atoms with van der Waals surface area (Å²) < 4.78 is 13.2. The van der Waals surface area contributed by atoms with Crippen LogP contribution < -0.4 is 5.32 Å². The summed E-state index contributed by atoms with van der Waals surface area (Å²) in [7, 11) is 0. The molecule has 0 aromatic heterocycles. The number of hydrogen-bond acceptors (Lipinski definition) is 1. The van der Waals surface area contributed by atoms with Crippen LogP contribution in [0.25, 0.3) is 0 Å². The zero-order valence-corrected chi connectivity index (χ0v) is 13.3. The molecule has 1 nitrogen and oxygen atoms in total. The van der Waals surface area contributed by atoms with Crippen molar-refractivity contribution in [3.8, 4) is 0 Å². The maximum absolute atomic E-state index is 13.2. The van der Waals surface area contributed by atoms with Gasteiger partial charge in [0, 0.05) is 0 Å². The highest BCUT2D eigenvalue weighted by molar-refractivity contribution is 5.44. The molecule has 1 unspecified atom stereocenters. The molecular weight excluding hydrogens is 261 g/mol. The van der Waals surface area contributed by atoms with E-state index in [1.165, 1.54) is 34.4 Å². The lowest BCUT2D eigenvalue weighted by Crippen LogP contribution is -2.24. The van der Waals surface area contributed by atoms with E-state index < -0.39 is 0 Å². The van der Waals surface area contributed by atoms with Crippen LogP contribution in [0.15, 0.2) is 36.4 Å². The summed E-state index contributed by atoms with van der Waals surface area (Å²) >= 11 is 0. The summed E-state index contributed by atoms with van der Waals surface area (Å²) in [5.74, 6) is -0.189. The van der Waals surface area contributed by atoms with Crippen molar-refractivity contribution in [2.75, 3.05) is 6.54 Å². The van der Waals surface area contributed by atoms with Gasteiger partial charge < -0.3 is 5.32 Å². The predicted octanol–water partition coefficient (Wildman–Crippen LogP) is 4.84. The van der Waals surface area contributed by atoms with Crippen molar-refractivity contribution in [2.45, 2.75) is 40.2 Å². The van der Waals surface area contributed by atoms with Gasteiger partial charge in [-0.25, -0.2) is 4.39 Å². The molecule has 0 spiro atoms. The Morgan fingerprint density at radius 3 is 2.10 bits per heavy atom. The molecule has 2 rings (SSSR count). The average molecular weight is 285 g/mol. The van der Waals surface area contributed by atoms with Crippen LogP contribution in [0.5, 0.6) is 0 Å². The second-order valence-electron chi connectivity index (χ2n) is 5.75. The predicted molar refractivity (Wildman–Crippen MR) is 87.2 cm³/mol. The van der Waals surface area contributed by atoms with E-state index in [-0.39, 0.29) is 11.9 Å². The van der Waals surface area contributed by atoms with Crippen molar-refractivity contribution in [1.82, 2.24) is 5.32 Å². The fourth-order valence-electron chi connectivity index (χ4n) is 2.98. The van der Waals surface area contributed by atoms with Gasteiger partial charge in [-0.05, 0) is 68.1 Å². The number of nitrogens with one attached hydrogen (secondary N) is 1. The Morgan fingerprint density at radius 2 is 1.57 bits per heavy atom. The van der Waals surface area contributed by atoms with E-state index >= 15 is 0 Å². The molecule has 0 heterocycles. The van der Waals surface area contributed by atoms with Gasteiger partial charge in [-0.3, -0.25) is 0 Å². The van der Waals surface area contributed by atoms with Gasteiger partial charge in [0.1, 0.15) is 5.82 Å². The Bertz CT molecular complexity index is 578. The third-order valence-corrected chi connectivity index (χ3v) is 3.83. The van der Waals surface area contributed by atoms with Gasteiger partial charge in [-0.2, -0.15) is 0 Å². The van der Waals surface area contributed by atoms with E-state index in [1.54, 1.807) is 0 Å². The summed E-state index contributed by atoms with van der Waals surface area (Å²) in [5.41, 5.74) is 6.26. The van der Waals surface area contributed by atoms with Crippen molar-refractivity contribution in [2.24, 2.45) is 0 Å². The molecule has 0 amide bonds. The van der Waals surface area contributed by atoms with Crippen molar-refractivity contribution in [3.63, 3.8) is 0 Å². The highest BCUT2D eigenvalue weighted by atomic mass is 19.1. The molecule has 2 heteroatoms. The number of rotatable bonds is 5. The largest absolute Gasteiger partial charge is 0.306 e. The number of aryl methyl sites for hydroxylation is 3. The summed E-state index contributed by atoms with van der Waals surface area (Å²) in [5, 5.41) is 3.60. The molecule has 1 N–H and O–H groups in total. The summed E-state index contributed by atoms with van der Waals surface area (Å²) in [6.45, 7) is 9.52. The molecule has 0 bridgehead atoms. The van der Waals surface area contributed by atoms with Crippen LogP contribution in [0.1, 0.15) is 47.2 Å². The van der Waals surface area contributed by atoms with Crippen LogP contribution in [-0.2, 0) is 0 Å². The first-order valence-corrected chi connectivity index (χ1v) is 7.59. The van der Waals surface area contributed by atoms with Crippen molar-refractivity contribution >= 4 is 0 Å². The third kappa shape index (κ3) is 3.70. The highest BCUT2D eigenvalue weighted by Crippen LogP contribution is 2.29. The molecule has 0 aliphatic heterocycles. The Balaban J connectivity index is 2.47. The lowest BCUT2D eigenvalue weighted by molar-refractivity contribution is 0.589. The van der Waals surface area contributed by atoms with Crippen molar-refractivity contribution in [3.05, 3.63) is 70.0 Å². The van der Waals surface area contributed by atoms with Gasteiger partial charge >= 0.3 is 0 Å². The lowest BCUT2D eigenvalue weighted by Gasteiger charge is -2.24. The first-order valence-electron chi connectivity index (χ1n) is 7.59. The van der Waals surface area contributed by atoms with Crippen LogP contribution in [-0.4, -0.2) is 6.54 Å². The summed E-state index contributed by atoms with van der Waals surface area (Å²) in [6.07, 6.45) is 1.07. The van der Waals surface area contributed by atoms with Gasteiger partial charge in [-0.15, -0.1) is 0 Å². The second kappa shape index (κ2) is 6.86. The minimum Gasteiger partial charge on any atom is -0.306 e. The molecular formula is C19H24FN. The van der Waals surface area contributed by atoms with Crippen LogP contribution in [0.2, 0.25) is 0 Å². The molecule has 0 radical (unpaired) electrons. The zero-order valence-electron chi connectivity index (χ0n) is 13.3. The lowest BCUT2D eigenvalue weighted by atomic mass is 9.90. The van der Waals surface area contributed by atoms with E-state index in [1.807, 2.05) is 12.1 Å². The smallest absolute Gasteiger partial charge is 0.123 e. The highest BCUT2D eigenvalue weighted by Gasteiger charge is 2.18. The average Bonchev–Trinajstić information content (AvgIpc) is 2.42. The number of halogens is 1. The molecule has 1 atom stereocenters. The van der Waals surface area contributed by atoms with Gasteiger partial charge in [0.15, 0.2) is 0 Å². The fraction of sp³-hybridized carbons (Fsp3) is 0.368. The SMILES string of the molecule is CCCNC(c1ccc(F)cc1)c1c(C)cc(C)cc1C. The van der Waals surface area contributed by atoms with Gasteiger partial charge in [0.25, 0.3) is 0 Å². The van der Waals surface area contributed by atoms with Gasteiger partial charge in [0.05, 0.1) is 6.04 Å². The molecule has 21 heavy (non-hydrogen) atoms. The molecule has 2 aromatic rings. The van der Waals surface area contributed by atoms with E-state index in [0.717, 1.165) is 18.5 Å². The standard InChI is InChI=1S/C19H24FN/c1-5-10-21-19(16-6-8-17(20)9-7-16)18-14(3)11-13(2)12-15(18)4/h6-9,11-12,19,21H,5,10H2,1-4H3. The molecule has 0 fully saturated rings. The normalized spacial score (nSPS) is 12.4. The molecule has 2 aromatic carbocycles. The number of hydrogen-bond donors (Lipinski definition) is 1. The molecule has 112 valence electrons. The number of benzene rings is 2. The quantitative estimate of drug-likeness (QED) is 0.829. The Morgan fingerprint density at radius 1 is 1.00 bits per heavy atom. The minimum absolute atomic E-state index is 0.117. The van der Waals surface area contributed by atoms with Crippen LogP contribution in [0.3, 0.4) is 0 Å².